The molecule has 6 nitrogen and oxygen atoms in total. The third-order valence-corrected chi connectivity index (χ3v) is 2.57. The number of nitriles is 1. The lowest BCUT2D eigenvalue weighted by atomic mass is 10.1. The summed E-state index contributed by atoms with van der Waals surface area (Å²) >= 11 is 0. The van der Waals surface area contributed by atoms with Gasteiger partial charge in [-0.3, -0.25) is 10.1 Å². The second-order valence-corrected chi connectivity index (χ2v) is 3.83. The van der Waals surface area contributed by atoms with Crippen LogP contribution >= 0.6 is 0 Å². The fourth-order valence-corrected chi connectivity index (χ4v) is 1.61. The minimum absolute atomic E-state index is 0.288. The van der Waals surface area contributed by atoms with E-state index in [0.717, 1.165) is 5.56 Å². The van der Waals surface area contributed by atoms with Crippen LogP contribution in [0.25, 0.3) is 12.2 Å². The molecule has 0 atom stereocenters. The topological polar surface area (TPSA) is 91.7 Å². The molecule has 2 rings (SSSR count). The van der Waals surface area contributed by atoms with Gasteiger partial charge in [0, 0.05) is 18.0 Å². The van der Waals surface area contributed by atoms with Crippen LogP contribution in [0.4, 0.5) is 0 Å². The van der Waals surface area contributed by atoms with Gasteiger partial charge in [0.1, 0.15) is 6.07 Å². The maximum atomic E-state index is 11.7. The highest BCUT2D eigenvalue weighted by molar-refractivity contribution is 5.92. The summed E-state index contributed by atoms with van der Waals surface area (Å²) in [4.78, 5) is 15.6. The number of esters is 1. The molecule has 0 aliphatic carbocycles. The second kappa shape index (κ2) is 6.29. The molecule has 0 spiro atoms. The SMILES string of the molecule is CCOC(=O)c1[nH]ncc1C=Cc1ccncc1C#N. The lowest BCUT2D eigenvalue weighted by molar-refractivity contribution is 0.0519. The number of nitrogens with zero attached hydrogens (tertiary/aromatic N) is 3. The van der Waals surface area contributed by atoms with Crippen molar-refractivity contribution in [3.05, 3.63) is 47.0 Å². The molecule has 0 saturated carbocycles. The standard InChI is InChI=1S/C14H12N4O2/c1-2-20-14(19)13-11(9-17-18-13)4-3-10-5-6-16-8-12(10)7-15/h3-6,8-9H,2H2,1H3,(H,17,18). The molecule has 0 unspecified atom stereocenters. The van der Waals surface area contributed by atoms with Gasteiger partial charge >= 0.3 is 5.97 Å². The first-order valence-electron chi connectivity index (χ1n) is 5.99. The maximum Gasteiger partial charge on any atom is 0.356 e. The molecule has 0 aliphatic heterocycles. The van der Waals surface area contributed by atoms with Crippen molar-refractivity contribution >= 4 is 18.1 Å². The number of hydrogen-bond donors (Lipinski definition) is 1. The van der Waals surface area contributed by atoms with E-state index in [9.17, 15) is 4.79 Å². The fourth-order valence-electron chi connectivity index (χ4n) is 1.61. The predicted molar refractivity (Wildman–Crippen MR) is 72.4 cm³/mol. The van der Waals surface area contributed by atoms with Gasteiger partial charge in [0.15, 0.2) is 5.69 Å². The van der Waals surface area contributed by atoms with Gasteiger partial charge in [0.25, 0.3) is 0 Å². The van der Waals surface area contributed by atoms with Gasteiger partial charge in [-0.15, -0.1) is 0 Å². The van der Waals surface area contributed by atoms with E-state index in [1.54, 1.807) is 31.3 Å². The van der Waals surface area contributed by atoms with Gasteiger partial charge in [0.05, 0.1) is 18.4 Å². The smallest absolute Gasteiger partial charge is 0.356 e. The van der Waals surface area contributed by atoms with Crippen LogP contribution < -0.4 is 0 Å². The van der Waals surface area contributed by atoms with Crippen LogP contribution in [0.2, 0.25) is 0 Å². The summed E-state index contributed by atoms with van der Waals surface area (Å²) in [6.07, 6.45) is 8.04. The van der Waals surface area contributed by atoms with Crippen molar-refractivity contribution in [2.75, 3.05) is 6.61 Å². The number of carbonyl (C=O) groups excluding carboxylic acids is 1. The Bertz CT molecular complexity index is 682. The summed E-state index contributed by atoms with van der Waals surface area (Å²) in [6.45, 7) is 2.03. The summed E-state index contributed by atoms with van der Waals surface area (Å²) in [5.74, 6) is -0.458. The van der Waals surface area contributed by atoms with Gasteiger partial charge in [-0.25, -0.2) is 4.79 Å². The zero-order valence-corrected chi connectivity index (χ0v) is 10.8. The van der Waals surface area contributed by atoms with E-state index in [-0.39, 0.29) is 5.69 Å². The van der Waals surface area contributed by atoms with E-state index in [1.165, 1.54) is 12.4 Å². The largest absolute Gasteiger partial charge is 0.461 e. The molecule has 0 bridgehead atoms. The number of aromatic nitrogens is 3. The molecule has 2 heterocycles. The van der Waals surface area contributed by atoms with E-state index in [4.69, 9.17) is 10.00 Å². The molecule has 2 aromatic rings. The molecular weight excluding hydrogens is 256 g/mol. The molecule has 0 amide bonds. The van der Waals surface area contributed by atoms with Crippen molar-refractivity contribution in [2.24, 2.45) is 0 Å². The molecule has 0 saturated heterocycles. The molecule has 0 radical (unpaired) electrons. The minimum atomic E-state index is -0.458. The zero-order chi connectivity index (χ0) is 14.4. The van der Waals surface area contributed by atoms with E-state index in [1.807, 2.05) is 0 Å². The number of aromatic amines is 1. The van der Waals surface area contributed by atoms with Crippen LogP contribution in [-0.2, 0) is 4.74 Å². The highest BCUT2D eigenvalue weighted by Crippen LogP contribution is 2.13. The quantitative estimate of drug-likeness (QED) is 0.856. The van der Waals surface area contributed by atoms with Crippen molar-refractivity contribution in [2.45, 2.75) is 6.92 Å². The van der Waals surface area contributed by atoms with Gasteiger partial charge in [-0.2, -0.15) is 10.4 Å². The fraction of sp³-hybridized carbons (Fsp3) is 0.143. The van der Waals surface area contributed by atoms with Crippen LogP contribution in [-0.4, -0.2) is 27.8 Å². The minimum Gasteiger partial charge on any atom is -0.461 e. The van der Waals surface area contributed by atoms with Crippen LogP contribution in [0.3, 0.4) is 0 Å². The molecule has 2 aromatic heterocycles. The number of nitrogens with one attached hydrogen (secondary N) is 1. The Morgan fingerprint density at radius 2 is 2.25 bits per heavy atom. The van der Waals surface area contributed by atoms with E-state index in [0.29, 0.717) is 17.7 Å². The van der Waals surface area contributed by atoms with E-state index in [2.05, 4.69) is 21.3 Å². The molecular formula is C14H12N4O2. The van der Waals surface area contributed by atoms with Gasteiger partial charge in [-0.1, -0.05) is 12.2 Å². The Kier molecular flexibility index (Phi) is 4.24. The van der Waals surface area contributed by atoms with Crippen LogP contribution in [0.1, 0.15) is 34.1 Å². The van der Waals surface area contributed by atoms with Gasteiger partial charge < -0.3 is 4.74 Å². The number of ether oxygens (including phenoxy) is 1. The summed E-state index contributed by atoms with van der Waals surface area (Å²) in [5, 5.41) is 15.4. The number of hydrogen-bond acceptors (Lipinski definition) is 5. The lowest BCUT2D eigenvalue weighted by Crippen LogP contribution is -2.06. The summed E-state index contributed by atoms with van der Waals surface area (Å²) < 4.78 is 4.92. The molecule has 0 fully saturated rings. The third kappa shape index (κ3) is 2.90. The average Bonchev–Trinajstić information content (AvgIpc) is 2.94. The number of H-pyrrole nitrogens is 1. The molecule has 0 aliphatic rings. The van der Waals surface area contributed by atoms with Crippen LogP contribution in [0, 0.1) is 11.3 Å². The first-order chi connectivity index (χ1) is 9.76. The number of carbonyl (C=O) groups is 1. The normalized spacial score (nSPS) is 10.4. The first-order valence-corrected chi connectivity index (χ1v) is 5.99. The highest BCUT2D eigenvalue weighted by Gasteiger charge is 2.12. The average molecular weight is 268 g/mol. The number of rotatable bonds is 4. The van der Waals surface area contributed by atoms with E-state index < -0.39 is 5.97 Å². The Morgan fingerprint density at radius 1 is 1.45 bits per heavy atom. The Labute approximate surface area is 115 Å². The van der Waals surface area contributed by atoms with Crippen LogP contribution in [0.5, 0.6) is 0 Å². The number of pyridine rings is 1. The summed E-state index contributed by atoms with van der Waals surface area (Å²) in [7, 11) is 0. The second-order valence-electron chi connectivity index (χ2n) is 3.83. The molecule has 100 valence electrons. The Balaban J connectivity index is 2.27. The van der Waals surface area contributed by atoms with Gasteiger partial charge in [0.2, 0.25) is 0 Å². The van der Waals surface area contributed by atoms with Crippen LogP contribution in [0.15, 0.2) is 24.7 Å². The highest BCUT2D eigenvalue weighted by atomic mass is 16.5. The summed E-state index contributed by atoms with van der Waals surface area (Å²) in [6, 6.07) is 3.78. The van der Waals surface area contributed by atoms with Crippen molar-refractivity contribution in [1.82, 2.24) is 15.2 Å². The zero-order valence-electron chi connectivity index (χ0n) is 10.8. The Hall–Kier alpha value is -2.94. The lowest BCUT2D eigenvalue weighted by Gasteiger charge is -2.00. The Morgan fingerprint density at radius 3 is 3.00 bits per heavy atom. The monoisotopic (exact) mass is 268 g/mol. The molecule has 0 aromatic carbocycles. The van der Waals surface area contributed by atoms with Crippen molar-refractivity contribution in [1.29, 1.82) is 5.26 Å². The van der Waals surface area contributed by atoms with Crippen molar-refractivity contribution in [3.8, 4) is 6.07 Å². The van der Waals surface area contributed by atoms with Gasteiger partial charge in [-0.05, 0) is 18.6 Å². The molecule has 20 heavy (non-hydrogen) atoms. The first kappa shape index (κ1) is 13.5. The predicted octanol–water partition coefficient (Wildman–Crippen LogP) is 2.02. The van der Waals surface area contributed by atoms with Crippen molar-refractivity contribution in [3.63, 3.8) is 0 Å². The van der Waals surface area contributed by atoms with E-state index >= 15 is 0 Å². The van der Waals surface area contributed by atoms with Crippen molar-refractivity contribution < 1.29 is 9.53 Å². The molecule has 6 heteroatoms. The maximum absolute atomic E-state index is 11.7. The summed E-state index contributed by atoms with van der Waals surface area (Å²) in [5.41, 5.74) is 2.07. The third-order valence-electron chi connectivity index (χ3n) is 2.57. The molecule has 1 N–H and O–H groups in total.